The van der Waals surface area contributed by atoms with Crippen LogP contribution in [0.25, 0.3) is 0 Å². The highest BCUT2D eigenvalue weighted by molar-refractivity contribution is 9.10. The number of nitrogens with zero attached hydrogens (tertiary/aromatic N) is 4. The molecule has 0 aliphatic rings. The van der Waals surface area contributed by atoms with Crippen molar-refractivity contribution < 1.29 is 18.0 Å². The van der Waals surface area contributed by atoms with Gasteiger partial charge in [-0.3, -0.25) is 14.3 Å². The lowest BCUT2D eigenvalue weighted by atomic mass is 10.3. The predicted octanol–water partition coefficient (Wildman–Crippen LogP) is 1.19. The average molecular weight is 394 g/mol. The van der Waals surface area contributed by atoms with Crippen molar-refractivity contribution in [1.29, 1.82) is 0 Å². The molecule has 2 aromatic rings. The molecule has 0 bridgehead atoms. The van der Waals surface area contributed by atoms with E-state index in [1.165, 1.54) is 18.5 Å². The van der Waals surface area contributed by atoms with Crippen molar-refractivity contribution in [2.45, 2.75) is 12.7 Å². The molecule has 1 N–H and O–H groups in total. The van der Waals surface area contributed by atoms with E-state index in [0.717, 1.165) is 7.05 Å². The Labute approximate surface area is 136 Å². The largest absolute Gasteiger partial charge is 0.451 e. The Balaban J connectivity index is 2.02. The zero-order valence-corrected chi connectivity index (χ0v) is 13.3. The second kappa shape index (κ2) is 6.52. The summed E-state index contributed by atoms with van der Waals surface area (Å²) in [5.74, 6) is -1.75. The minimum Gasteiger partial charge on any atom is -0.350 e. The van der Waals surface area contributed by atoms with Crippen LogP contribution >= 0.6 is 15.9 Å². The lowest BCUT2D eigenvalue weighted by Gasteiger charge is -2.05. The van der Waals surface area contributed by atoms with E-state index in [0.29, 0.717) is 13.7 Å². The zero-order valence-electron chi connectivity index (χ0n) is 11.8. The van der Waals surface area contributed by atoms with Crippen LogP contribution in [0, 0.1) is 0 Å². The second-order valence-corrected chi connectivity index (χ2v) is 5.45. The smallest absolute Gasteiger partial charge is 0.350 e. The van der Waals surface area contributed by atoms with Gasteiger partial charge in [0.2, 0.25) is 5.82 Å². The van der Waals surface area contributed by atoms with E-state index in [2.05, 4.69) is 31.3 Å². The maximum atomic E-state index is 12.6. The molecule has 23 heavy (non-hydrogen) atoms. The van der Waals surface area contributed by atoms with E-state index >= 15 is 0 Å². The predicted molar refractivity (Wildman–Crippen MR) is 76.7 cm³/mol. The SMILES string of the molecule is Cn1c(C(F)(F)F)nn(CCNC(=O)c2cncc(Br)c2)c1=O. The van der Waals surface area contributed by atoms with Crippen molar-refractivity contribution in [2.24, 2.45) is 7.05 Å². The molecule has 0 unspecified atom stereocenters. The van der Waals surface area contributed by atoms with Crippen LogP contribution in [-0.4, -0.2) is 31.8 Å². The minimum atomic E-state index is -4.72. The molecule has 0 atom stereocenters. The van der Waals surface area contributed by atoms with Gasteiger partial charge in [-0.15, -0.1) is 5.10 Å². The molecule has 0 spiro atoms. The summed E-state index contributed by atoms with van der Waals surface area (Å²) >= 11 is 3.17. The molecular weight excluding hydrogens is 383 g/mol. The molecule has 2 rings (SSSR count). The van der Waals surface area contributed by atoms with Gasteiger partial charge in [0.25, 0.3) is 5.91 Å². The van der Waals surface area contributed by atoms with Crippen LogP contribution in [0.1, 0.15) is 16.2 Å². The van der Waals surface area contributed by atoms with Crippen molar-refractivity contribution in [1.82, 2.24) is 24.6 Å². The zero-order chi connectivity index (χ0) is 17.2. The molecule has 7 nitrogen and oxygen atoms in total. The van der Waals surface area contributed by atoms with Crippen molar-refractivity contribution in [3.8, 4) is 0 Å². The third-order valence-corrected chi connectivity index (χ3v) is 3.30. The van der Waals surface area contributed by atoms with Crippen LogP contribution in [0.2, 0.25) is 0 Å². The van der Waals surface area contributed by atoms with Crippen molar-refractivity contribution in [2.75, 3.05) is 6.54 Å². The molecule has 0 fully saturated rings. The van der Waals surface area contributed by atoms with Gasteiger partial charge in [0, 0.05) is 30.5 Å². The molecule has 2 aromatic heterocycles. The van der Waals surface area contributed by atoms with Gasteiger partial charge < -0.3 is 5.32 Å². The van der Waals surface area contributed by atoms with Gasteiger partial charge in [0.05, 0.1) is 12.1 Å². The summed E-state index contributed by atoms with van der Waals surface area (Å²) in [4.78, 5) is 27.3. The first-order chi connectivity index (χ1) is 10.7. The van der Waals surface area contributed by atoms with Gasteiger partial charge in [-0.05, 0) is 22.0 Å². The molecule has 0 aliphatic carbocycles. The number of aromatic nitrogens is 4. The fraction of sp³-hybridized carbons (Fsp3) is 0.333. The third kappa shape index (κ3) is 3.97. The highest BCUT2D eigenvalue weighted by Gasteiger charge is 2.37. The summed E-state index contributed by atoms with van der Waals surface area (Å²) in [6.45, 7) is -0.241. The van der Waals surface area contributed by atoms with E-state index in [-0.39, 0.29) is 18.7 Å². The lowest BCUT2D eigenvalue weighted by Crippen LogP contribution is -2.31. The Hall–Kier alpha value is -2.17. The summed E-state index contributed by atoms with van der Waals surface area (Å²) < 4.78 is 39.6. The molecular formula is C12H11BrF3N5O2. The van der Waals surface area contributed by atoms with Crippen molar-refractivity contribution in [3.63, 3.8) is 0 Å². The van der Waals surface area contributed by atoms with Crippen LogP contribution in [0.4, 0.5) is 13.2 Å². The Bertz CT molecular complexity index is 784. The Kier molecular flexibility index (Phi) is 4.88. The highest BCUT2D eigenvalue weighted by atomic mass is 79.9. The number of amides is 1. The van der Waals surface area contributed by atoms with Gasteiger partial charge in [0.1, 0.15) is 0 Å². The molecule has 1 amide bonds. The number of alkyl halides is 3. The van der Waals surface area contributed by atoms with E-state index in [4.69, 9.17) is 0 Å². The summed E-state index contributed by atoms with van der Waals surface area (Å²) in [5.41, 5.74) is -0.626. The third-order valence-electron chi connectivity index (χ3n) is 2.87. The molecule has 0 radical (unpaired) electrons. The van der Waals surface area contributed by atoms with Gasteiger partial charge in [0.15, 0.2) is 0 Å². The molecule has 0 saturated carbocycles. The number of pyridine rings is 1. The summed E-state index contributed by atoms with van der Waals surface area (Å²) in [6, 6.07) is 1.54. The van der Waals surface area contributed by atoms with Crippen LogP contribution in [0.15, 0.2) is 27.7 Å². The van der Waals surface area contributed by atoms with Crippen LogP contribution < -0.4 is 11.0 Å². The Morgan fingerprint density at radius 3 is 2.65 bits per heavy atom. The summed E-state index contributed by atoms with van der Waals surface area (Å²) in [6.07, 6.45) is -1.87. The number of halogens is 4. The average Bonchev–Trinajstić information content (AvgIpc) is 2.75. The van der Waals surface area contributed by atoms with Crippen LogP contribution in [0.5, 0.6) is 0 Å². The van der Waals surface area contributed by atoms with Gasteiger partial charge in [-0.25, -0.2) is 9.48 Å². The van der Waals surface area contributed by atoms with Gasteiger partial charge in [-0.2, -0.15) is 13.2 Å². The second-order valence-electron chi connectivity index (χ2n) is 4.53. The first-order valence-electron chi connectivity index (χ1n) is 6.30. The van der Waals surface area contributed by atoms with Crippen molar-refractivity contribution in [3.05, 3.63) is 44.8 Å². The summed E-state index contributed by atoms with van der Waals surface area (Å²) in [7, 11) is 0.987. The normalized spacial score (nSPS) is 11.5. The maximum Gasteiger partial charge on any atom is 0.451 e. The fourth-order valence-corrected chi connectivity index (χ4v) is 2.16. The van der Waals surface area contributed by atoms with Crippen LogP contribution in [-0.2, 0) is 19.8 Å². The Morgan fingerprint density at radius 2 is 2.09 bits per heavy atom. The first kappa shape index (κ1) is 17.2. The monoisotopic (exact) mass is 393 g/mol. The molecule has 0 aliphatic heterocycles. The minimum absolute atomic E-state index is 0.0560. The maximum absolute atomic E-state index is 12.6. The van der Waals surface area contributed by atoms with Gasteiger partial charge >= 0.3 is 11.9 Å². The lowest BCUT2D eigenvalue weighted by molar-refractivity contribution is -0.147. The molecule has 11 heteroatoms. The topological polar surface area (TPSA) is 81.8 Å². The first-order valence-corrected chi connectivity index (χ1v) is 7.09. The van der Waals surface area contributed by atoms with E-state index in [1.54, 1.807) is 0 Å². The number of carbonyl (C=O) groups is 1. The quantitative estimate of drug-likeness (QED) is 0.845. The number of hydrogen-bond acceptors (Lipinski definition) is 4. The molecule has 2 heterocycles. The van der Waals surface area contributed by atoms with Crippen LogP contribution in [0.3, 0.4) is 0 Å². The molecule has 124 valence electrons. The number of nitrogens with one attached hydrogen (secondary N) is 1. The number of rotatable bonds is 4. The number of carbonyl (C=O) groups excluding carboxylic acids is 1. The standard InChI is InChI=1S/C12H11BrF3N5O2/c1-20-10(12(14,15)16)19-21(11(20)23)3-2-18-9(22)7-4-8(13)6-17-5-7/h4-6H,2-3H2,1H3,(H,18,22). The van der Waals surface area contributed by atoms with Crippen molar-refractivity contribution >= 4 is 21.8 Å². The van der Waals surface area contributed by atoms with E-state index < -0.39 is 23.6 Å². The molecule has 0 saturated heterocycles. The Morgan fingerprint density at radius 1 is 1.39 bits per heavy atom. The van der Waals surface area contributed by atoms with Gasteiger partial charge in [-0.1, -0.05) is 0 Å². The summed E-state index contributed by atoms with van der Waals surface area (Å²) in [5, 5.41) is 5.71. The van der Waals surface area contributed by atoms with E-state index in [1.807, 2.05) is 0 Å². The number of hydrogen-bond donors (Lipinski definition) is 1. The molecule has 0 aromatic carbocycles. The fourth-order valence-electron chi connectivity index (χ4n) is 1.79. The van der Waals surface area contributed by atoms with E-state index in [9.17, 15) is 22.8 Å². The highest BCUT2D eigenvalue weighted by Crippen LogP contribution is 2.25.